The zero-order valence-corrected chi connectivity index (χ0v) is 21.0. The predicted octanol–water partition coefficient (Wildman–Crippen LogP) is 4.56. The summed E-state index contributed by atoms with van der Waals surface area (Å²) in [7, 11) is 1.60. The van der Waals surface area contributed by atoms with Gasteiger partial charge in [0.05, 0.1) is 7.11 Å². The summed E-state index contributed by atoms with van der Waals surface area (Å²) in [6.07, 6.45) is 0. The van der Waals surface area contributed by atoms with Gasteiger partial charge in [-0.05, 0) is 47.6 Å². The molecule has 1 unspecified atom stereocenters. The van der Waals surface area contributed by atoms with Crippen LogP contribution < -0.4 is 14.8 Å². The van der Waals surface area contributed by atoms with Gasteiger partial charge in [-0.25, -0.2) is 0 Å². The summed E-state index contributed by atoms with van der Waals surface area (Å²) in [5, 5.41) is 2.93. The minimum Gasteiger partial charge on any atom is -0.497 e. The van der Waals surface area contributed by atoms with Crippen molar-refractivity contribution in [3.63, 3.8) is 0 Å². The Bertz CT molecular complexity index is 934. The topological polar surface area (TPSA) is 67.9 Å². The second-order valence-corrected chi connectivity index (χ2v) is 9.72. The number of amides is 2. The van der Waals surface area contributed by atoms with E-state index in [1.165, 1.54) is 0 Å². The number of methoxy groups -OCH3 is 1. The summed E-state index contributed by atoms with van der Waals surface area (Å²) >= 11 is 0. The molecule has 2 aromatic carbocycles. The molecule has 0 fully saturated rings. The van der Waals surface area contributed by atoms with Crippen molar-refractivity contribution < 1.29 is 19.1 Å². The largest absolute Gasteiger partial charge is 0.497 e. The van der Waals surface area contributed by atoms with Gasteiger partial charge in [0.25, 0.3) is 5.91 Å². The van der Waals surface area contributed by atoms with E-state index in [2.05, 4.69) is 26.1 Å². The number of nitrogens with one attached hydrogen (secondary N) is 1. The molecule has 33 heavy (non-hydrogen) atoms. The van der Waals surface area contributed by atoms with Crippen molar-refractivity contribution in [2.24, 2.45) is 5.92 Å². The summed E-state index contributed by atoms with van der Waals surface area (Å²) in [5.41, 5.74) is 1.78. The molecule has 0 aliphatic heterocycles. The maximum absolute atomic E-state index is 13.3. The summed E-state index contributed by atoms with van der Waals surface area (Å²) in [5.74, 6) is 1.26. The van der Waals surface area contributed by atoms with E-state index in [0.29, 0.717) is 24.0 Å². The summed E-state index contributed by atoms with van der Waals surface area (Å²) in [4.78, 5) is 27.7. The van der Waals surface area contributed by atoms with Gasteiger partial charge in [0.2, 0.25) is 5.91 Å². The van der Waals surface area contributed by atoms with Gasteiger partial charge < -0.3 is 19.7 Å². The summed E-state index contributed by atoms with van der Waals surface area (Å²) in [6, 6.07) is 14.6. The number of hydrogen-bond acceptors (Lipinski definition) is 4. The second-order valence-electron chi connectivity index (χ2n) is 9.72. The van der Waals surface area contributed by atoms with Gasteiger partial charge in [-0.15, -0.1) is 0 Å². The lowest BCUT2D eigenvalue weighted by Crippen LogP contribution is -2.49. The number of nitrogens with zero attached hydrogens (tertiary/aromatic N) is 1. The first kappa shape index (κ1) is 26.2. The Kier molecular flexibility index (Phi) is 9.32. The van der Waals surface area contributed by atoms with Crippen molar-refractivity contribution in [3.05, 3.63) is 59.7 Å². The average Bonchev–Trinajstić information content (AvgIpc) is 2.78. The first-order valence-electron chi connectivity index (χ1n) is 11.4. The van der Waals surface area contributed by atoms with Crippen molar-refractivity contribution in [2.75, 3.05) is 20.3 Å². The van der Waals surface area contributed by atoms with Crippen LogP contribution in [0.2, 0.25) is 0 Å². The molecule has 0 aliphatic carbocycles. The third-order valence-corrected chi connectivity index (χ3v) is 5.39. The molecule has 6 nitrogen and oxygen atoms in total. The van der Waals surface area contributed by atoms with Crippen LogP contribution in [-0.2, 0) is 21.5 Å². The van der Waals surface area contributed by atoms with Crippen LogP contribution in [0.4, 0.5) is 0 Å². The third-order valence-electron chi connectivity index (χ3n) is 5.39. The molecule has 0 saturated heterocycles. The molecule has 0 saturated carbocycles. The van der Waals surface area contributed by atoms with Crippen LogP contribution in [0, 0.1) is 5.92 Å². The lowest BCUT2D eigenvalue weighted by molar-refractivity contribution is -0.142. The molecule has 6 heteroatoms. The monoisotopic (exact) mass is 454 g/mol. The molecule has 2 rings (SSSR count). The third kappa shape index (κ3) is 7.81. The lowest BCUT2D eigenvalue weighted by Gasteiger charge is -2.29. The van der Waals surface area contributed by atoms with Crippen LogP contribution in [0.25, 0.3) is 0 Å². The Hall–Kier alpha value is -3.02. The number of carbonyl (C=O) groups is 2. The standard InChI is InChI=1S/C27H38N2O4/c1-19(2)16-28-26(31)20(3)29(17-21-11-10-12-22(15-21)32-7)25(30)18-33-24-14-9-8-13-23(24)27(4,5)6/h8-15,19-20H,16-18H2,1-7H3,(H,28,31). The van der Waals surface area contributed by atoms with Gasteiger partial charge in [0, 0.05) is 13.1 Å². The predicted molar refractivity (Wildman–Crippen MR) is 131 cm³/mol. The molecule has 0 heterocycles. The number of hydrogen-bond donors (Lipinski definition) is 1. The minimum absolute atomic E-state index is 0.121. The van der Waals surface area contributed by atoms with E-state index >= 15 is 0 Å². The molecule has 1 atom stereocenters. The van der Waals surface area contributed by atoms with Crippen LogP contribution in [0.1, 0.15) is 52.7 Å². The maximum Gasteiger partial charge on any atom is 0.261 e. The van der Waals surface area contributed by atoms with Crippen LogP contribution in [0.15, 0.2) is 48.5 Å². The second kappa shape index (κ2) is 11.7. The van der Waals surface area contributed by atoms with E-state index in [1.807, 2.05) is 62.4 Å². The maximum atomic E-state index is 13.3. The van der Waals surface area contributed by atoms with Crippen molar-refractivity contribution in [1.82, 2.24) is 10.2 Å². The molecule has 180 valence electrons. The molecule has 2 amide bonds. The Morgan fingerprint density at radius 2 is 1.73 bits per heavy atom. The average molecular weight is 455 g/mol. The Morgan fingerprint density at radius 3 is 2.36 bits per heavy atom. The fourth-order valence-electron chi connectivity index (χ4n) is 3.44. The molecule has 0 aromatic heterocycles. The molecule has 0 aliphatic rings. The highest BCUT2D eigenvalue weighted by molar-refractivity contribution is 5.88. The molecule has 1 N–H and O–H groups in total. The van der Waals surface area contributed by atoms with Gasteiger partial charge in [0.1, 0.15) is 17.5 Å². The molecular formula is C27H38N2O4. The van der Waals surface area contributed by atoms with Gasteiger partial charge in [-0.2, -0.15) is 0 Å². The normalized spacial score (nSPS) is 12.2. The van der Waals surface area contributed by atoms with Crippen LogP contribution >= 0.6 is 0 Å². The molecule has 0 spiro atoms. The Balaban J connectivity index is 2.23. The number of ether oxygens (including phenoxy) is 2. The zero-order valence-electron chi connectivity index (χ0n) is 21.0. The highest BCUT2D eigenvalue weighted by atomic mass is 16.5. The van der Waals surface area contributed by atoms with Crippen LogP contribution in [0.5, 0.6) is 11.5 Å². The van der Waals surface area contributed by atoms with Gasteiger partial charge >= 0.3 is 0 Å². The quantitative estimate of drug-likeness (QED) is 0.571. The highest BCUT2D eigenvalue weighted by Crippen LogP contribution is 2.31. The molecule has 2 aromatic rings. The molecule has 0 radical (unpaired) electrons. The summed E-state index contributed by atoms with van der Waals surface area (Å²) < 4.78 is 11.3. The Morgan fingerprint density at radius 1 is 1.03 bits per heavy atom. The first-order valence-corrected chi connectivity index (χ1v) is 11.4. The highest BCUT2D eigenvalue weighted by Gasteiger charge is 2.27. The van der Waals surface area contributed by atoms with Gasteiger partial charge in [-0.3, -0.25) is 9.59 Å². The van der Waals surface area contributed by atoms with E-state index in [4.69, 9.17) is 9.47 Å². The van der Waals surface area contributed by atoms with Gasteiger partial charge in [-0.1, -0.05) is 65.0 Å². The zero-order chi connectivity index (χ0) is 24.6. The van der Waals surface area contributed by atoms with E-state index in [0.717, 1.165) is 11.1 Å². The number of para-hydroxylation sites is 1. The Labute approximate surface area is 198 Å². The number of carbonyl (C=O) groups excluding carboxylic acids is 2. The van der Waals surface area contributed by atoms with Crippen molar-refractivity contribution >= 4 is 11.8 Å². The van der Waals surface area contributed by atoms with Crippen molar-refractivity contribution in [2.45, 2.75) is 59.5 Å². The van der Waals surface area contributed by atoms with E-state index in [-0.39, 0.29) is 30.4 Å². The number of benzene rings is 2. The van der Waals surface area contributed by atoms with E-state index in [1.54, 1.807) is 18.9 Å². The van der Waals surface area contributed by atoms with E-state index < -0.39 is 6.04 Å². The minimum atomic E-state index is -0.649. The van der Waals surface area contributed by atoms with E-state index in [9.17, 15) is 9.59 Å². The van der Waals surface area contributed by atoms with Crippen molar-refractivity contribution in [3.8, 4) is 11.5 Å². The molecular weight excluding hydrogens is 416 g/mol. The smallest absolute Gasteiger partial charge is 0.261 e. The van der Waals surface area contributed by atoms with Crippen LogP contribution in [0.3, 0.4) is 0 Å². The fraction of sp³-hybridized carbons (Fsp3) is 0.481. The first-order chi connectivity index (χ1) is 15.5. The lowest BCUT2D eigenvalue weighted by atomic mass is 9.86. The molecule has 0 bridgehead atoms. The van der Waals surface area contributed by atoms with Gasteiger partial charge in [0.15, 0.2) is 6.61 Å². The van der Waals surface area contributed by atoms with Crippen molar-refractivity contribution in [1.29, 1.82) is 0 Å². The fourth-order valence-corrected chi connectivity index (χ4v) is 3.44. The summed E-state index contributed by atoms with van der Waals surface area (Å²) in [6.45, 7) is 12.8. The van der Waals surface area contributed by atoms with Crippen LogP contribution in [-0.4, -0.2) is 43.0 Å². The SMILES string of the molecule is COc1cccc(CN(C(=O)COc2ccccc2C(C)(C)C)C(C)C(=O)NCC(C)C)c1. The number of rotatable bonds is 10.